The number of amides is 1. The number of carboxylic acid groups (broad SMARTS) is 1. The summed E-state index contributed by atoms with van der Waals surface area (Å²) in [5.41, 5.74) is 1.40. The van der Waals surface area contributed by atoms with Crippen LogP contribution in [0.5, 0.6) is 0 Å². The van der Waals surface area contributed by atoms with Gasteiger partial charge in [-0.25, -0.2) is 4.79 Å². The van der Waals surface area contributed by atoms with Crippen molar-refractivity contribution in [1.29, 1.82) is 0 Å². The van der Waals surface area contributed by atoms with Crippen molar-refractivity contribution in [2.75, 3.05) is 0 Å². The van der Waals surface area contributed by atoms with Gasteiger partial charge in [-0.1, -0.05) is 93.6 Å². The molecule has 194 valence electrons. The second-order valence-corrected chi connectivity index (χ2v) is 12.1. The summed E-state index contributed by atoms with van der Waals surface area (Å²) >= 11 is 12.7. The van der Waals surface area contributed by atoms with Gasteiger partial charge >= 0.3 is 5.97 Å². The van der Waals surface area contributed by atoms with Crippen LogP contribution in [0.4, 0.5) is 0 Å². The quantitative estimate of drug-likeness (QED) is 0.434. The molecule has 2 aliphatic rings. The number of aliphatic carboxylic acids is 1. The average Bonchev–Trinajstić information content (AvgIpc) is 3.21. The molecule has 7 heteroatoms. The summed E-state index contributed by atoms with van der Waals surface area (Å²) in [4.78, 5) is 28.7. The van der Waals surface area contributed by atoms with Gasteiger partial charge < -0.3 is 15.3 Å². The molecule has 1 saturated heterocycles. The van der Waals surface area contributed by atoms with E-state index >= 15 is 0 Å². The number of hydrogen-bond acceptors (Lipinski definition) is 3. The topological polar surface area (TPSA) is 69.6 Å². The Labute approximate surface area is 224 Å². The molecule has 5 nitrogen and oxygen atoms in total. The van der Waals surface area contributed by atoms with Crippen LogP contribution >= 0.6 is 23.2 Å². The van der Waals surface area contributed by atoms with Crippen molar-refractivity contribution in [2.45, 2.75) is 77.5 Å². The van der Waals surface area contributed by atoms with Gasteiger partial charge in [-0.2, -0.15) is 0 Å². The highest BCUT2D eigenvalue weighted by Gasteiger charge is 2.58. The lowest BCUT2D eigenvalue weighted by Crippen LogP contribution is -2.49. The van der Waals surface area contributed by atoms with Crippen LogP contribution in [0.2, 0.25) is 10.0 Å². The standard InChI is InChI=1S/C29H36Cl2N2O3/c1-29(2,3)23-24(32-17-20-16-21(30)14-15-22(20)31)25(18-10-6-4-7-11-18)33(26(23)28(35)36)27(34)19-12-8-5-9-13-19/h4,6-7,10-11,14-16,19,23-26,32H,5,8-9,12-13,17H2,1-3H3,(H,35,36)/t23-,24-,25-,26-/m0/s1. The van der Waals surface area contributed by atoms with E-state index in [0.29, 0.717) is 16.6 Å². The molecule has 2 N–H and O–H groups in total. The molecular weight excluding hydrogens is 495 g/mol. The molecule has 36 heavy (non-hydrogen) atoms. The molecule has 4 atom stereocenters. The van der Waals surface area contributed by atoms with Gasteiger partial charge in [-0.3, -0.25) is 4.79 Å². The molecule has 4 rings (SSSR count). The van der Waals surface area contributed by atoms with Gasteiger partial charge in [0.25, 0.3) is 0 Å². The summed E-state index contributed by atoms with van der Waals surface area (Å²) in [6.45, 7) is 6.60. The largest absolute Gasteiger partial charge is 0.480 e. The number of likely N-dealkylation sites (tertiary alicyclic amines) is 1. The van der Waals surface area contributed by atoms with Crippen LogP contribution in [0.3, 0.4) is 0 Å². The zero-order valence-electron chi connectivity index (χ0n) is 21.2. The second kappa shape index (κ2) is 11.1. The molecule has 0 radical (unpaired) electrons. The van der Waals surface area contributed by atoms with E-state index < -0.39 is 18.1 Å². The minimum atomic E-state index is -0.954. The Kier molecular flexibility index (Phi) is 8.33. The Morgan fingerprint density at radius 3 is 2.31 bits per heavy atom. The Morgan fingerprint density at radius 1 is 1.03 bits per heavy atom. The number of rotatable bonds is 6. The van der Waals surface area contributed by atoms with Gasteiger partial charge in [0.2, 0.25) is 5.91 Å². The van der Waals surface area contributed by atoms with Crippen LogP contribution in [-0.4, -0.2) is 34.0 Å². The average molecular weight is 532 g/mol. The lowest BCUT2D eigenvalue weighted by atomic mass is 9.72. The molecule has 2 aromatic rings. The predicted molar refractivity (Wildman–Crippen MR) is 144 cm³/mol. The maximum atomic E-state index is 14.1. The van der Waals surface area contributed by atoms with Crippen molar-refractivity contribution in [3.8, 4) is 0 Å². The highest BCUT2D eigenvalue weighted by Crippen LogP contribution is 2.49. The predicted octanol–water partition coefficient (Wildman–Crippen LogP) is 6.73. The Balaban J connectivity index is 1.80. The number of halogens is 2. The first-order chi connectivity index (χ1) is 17.1. The van der Waals surface area contributed by atoms with E-state index in [0.717, 1.165) is 43.2 Å². The van der Waals surface area contributed by atoms with E-state index in [1.54, 1.807) is 17.0 Å². The Morgan fingerprint density at radius 2 is 1.69 bits per heavy atom. The number of carboxylic acids is 1. The van der Waals surface area contributed by atoms with Gasteiger partial charge in [0.05, 0.1) is 6.04 Å². The fraction of sp³-hybridized carbons (Fsp3) is 0.517. The number of carbonyl (C=O) groups excluding carboxylic acids is 1. The van der Waals surface area contributed by atoms with Crippen LogP contribution in [0.1, 0.15) is 70.0 Å². The Bertz CT molecular complexity index is 1080. The van der Waals surface area contributed by atoms with Gasteiger partial charge in [-0.05, 0) is 47.6 Å². The summed E-state index contributed by atoms with van der Waals surface area (Å²) in [6, 6.07) is 13.5. The summed E-state index contributed by atoms with van der Waals surface area (Å²) in [5.74, 6) is -1.44. The van der Waals surface area contributed by atoms with Crippen LogP contribution in [0.25, 0.3) is 0 Å². The smallest absolute Gasteiger partial charge is 0.326 e. The number of hydrogen-bond donors (Lipinski definition) is 2. The van der Waals surface area contributed by atoms with Crippen LogP contribution in [0, 0.1) is 17.3 Å². The van der Waals surface area contributed by atoms with Crippen LogP contribution in [0.15, 0.2) is 48.5 Å². The lowest BCUT2D eigenvalue weighted by Gasteiger charge is -2.36. The fourth-order valence-corrected chi connectivity index (χ4v) is 6.57. The first-order valence-corrected chi connectivity index (χ1v) is 13.6. The normalized spacial score (nSPS) is 25.2. The van der Waals surface area contributed by atoms with Crippen LogP contribution < -0.4 is 5.32 Å². The van der Waals surface area contributed by atoms with Gasteiger partial charge in [0.1, 0.15) is 6.04 Å². The van der Waals surface area contributed by atoms with E-state index in [4.69, 9.17) is 23.2 Å². The van der Waals surface area contributed by atoms with Crippen LogP contribution in [-0.2, 0) is 16.1 Å². The van der Waals surface area contributed by atoms with Crippen molar-refractivity contribution in [3.05, 3.63) is 69.7 Å². The minimum absolute atomic E-state index is 0.0321. The third-order valence-electron chi connectivity index (χ3n) is 7.81. The first kappa shape index (κ1) is 27.0. The molecule has 0 spiro atoms. The number of benzene rings is 2. The molecule has 0 unspecified atom stereocenters. The summed E-state index contributed by atoms with van der Waals surface area (Å²) < 4.78 is 0. The number of nitrogens with one attached hydrogen (secondary N) is 1. The summed E-state index contributed by atoms with van der Waals surface area (Å²) in [5, 5.41) is 15.4. The first-order valence-electron chi connectivity index (χ1n) is 12.9. The van der Waals surface area contributed by atoms with Crippen molar-refractivity contribution in [1.82, 2.24) is 10.2 Å². The van der Waals surface area contributed by atoms with Gasteiger partial charge in [0.15, 0.2) is 0 Å². The highest BCUT2D eigenvalue weighted by atomic mass is 35.5. The fourth-order valence-electron chi connectivity index (χ4n) is 6.19. The third kappa shape index (κ3) is 5.58. The van der Waals surface area contributed by atoms with E-state index in [1.165, 1.54) is 0 Å². The highest BCUT2D eigenvalue weighted by molar-refractivity contribution is 6.33. The molecule has 1 aliphatic carbocycles. The third-order valence-corrected chi connectivity index (χ3v) is 8.41. The molecule has 2 fully saturated rings. The molecule has 1 saturated carbocycles. The molecule has 0 aromatic heterocycles. The minimum Gasteiger partial charge on any atom is -0.480 e. The summed E-state index contributed by atoms with van der Waals surface area (Å²) in [7, 11) is 0. The van der Waals surface area contributed by atoms with Gasteiger partial charge in [-0.15, -0.1) is 0 Å². The van der Waals surface area contributed by atoms with Crippen molar-refractivity contribution in [3.63, 3.8) is 0 Å². The van der Waals surface area contributed by atoms with E-state index in [1.807, 2.05) is 36.4 Å². The van der Waals surface area contributed by atoms with E-state index in [-0.39, 0.29) is 29.2 Å². The monoisotopic (exact) mass is 530 g/mol. The zero-order valence-corrected chi connectivity index (χ0v) is 22.7. The molecule has 2 aromatic carbocycles. The SMILES string of the molecule is CC(C)(C)[C@H]1[C@H](NCc2cc(Cl)ccc2Cl)[C@H](c2ccccc2)N(C(=O)C2CCCCC2)[C@@H]1C(=O)O. The molecule has 1 aliphatic heterocycles. The second-order valence-electron chi connectivity index (χ2n) is 11.3. The van der Waals surface area contributed by atoms with E-state index in [9.17, 15) is 14.7 Å². The van der Waals surface area contributed by atoms with E-state index in [2.05, 4.69) is 26.1 Å². The number of carbonyl (C=O) groups is 2. The van der Waals surface area contributed by atoms with Crippen molar-refractivity contribution < 1.29 is 14.7 Å². The molecule has 1 amide bonds. The van der Waals surface area contributed by atoms with Gasteiger partial charge in [0, 0.05) is 34.5 Å². The maximum absolute atomic E-state index is 14.1. The van der Waals surface area contributed by atoms with Crippen molar-refractivity contribution >= 4 is 35.1 Å². The molecule has 0 bridgehead atoms. The Hall–Kier alpha value is -2.08. The maximum Gasteiger partial charge on any atom is 0.326 e. The zero-order chi connectivity index (χ0) is 26.0. The number of nitrogens with zero attached hydrogens (tertiary/aromatic N) is 1. The molecule has 1 heterocycles. The van der Waals surface area contributed by atoms with Crippen molar-refractivity contribution in [2.24, 2.45) is 17.3 Å². The summed E-state index contributed by atoms with van der Waals surface area (Å²) in [6.07, 6.45) is 4.79. The lowest BCUT2D eigenvalue weighted by molar-refractivity contribution is -0.154. The molecular formula is C29H36Cl2N2O3.